The minimum Gasteiger partial charge on any atom is -0.493 e. The fraction of sp³-hybridized carbons (Fsp3) is 0.500. The van der Waals surface area contributed by atoms with Crippen molar-refractivity contribution in [2.75, 3.05) is 70.9 Å². The first-order valence-electron chi connectivity index (χ1n) is 12.3. The third kappa shape index (κ3) is 6.65. The normalized spacial score (nSPS) is 13.9. The predicted molar refractivity (Wildman–Crippen MR) is 143 cm³/mol. The molecule has 1 saturated heterocycles. The second kappa shape index (κ2) is 13.0. The summed E-state index contributed by atoms with van der Waals surface area (Å²) in [6.07, 6.45) is 0.598. The fourth-order valence-corrected chi connectivity index (χ4v) is 5.80. The highest BCUT2D eigenvalue weighted by Crippen LogP contribution is 2.38. The number of hydrogen-bond donors (Lipinski definition) is 1. The van der Waals surface area contributed by atoms with E-state index in [2.05, 4.69) is 10.2 Å². The van der Waals surface area contributed by atoms with Crippen molar-refractivity contribution in [3.05, 3.63) is 35.9 Å². The molecule has 0 aromatic heterocycles. The van der Waals surface area contributed by atoms with Crippen molar-refractivity contribution < 1.29 is 32.2 Å². The largest absolute Gasteiger partial charge is 0.493 e. The van der Waals surface area contributed by atoms with Gasteiger partial charge in [-0.2, -0.15) is 4.31 Å². The maximum Gasteiger partial charge on any atom is 0.243 e. The van der Waals surface area contributed by atoms with Crippen LogP contribution in [0.2, 0.25) is 0 Å². The first kappa shape index (κ1) is 28.5. The predicted octanol–water partition coefficient (Wildman–Crippen LogP) is 3.15. The number of carbonyl (C=O) groups excluding carboxylic acids is 1. The molecule has 0 aliphatic carbocycles. The molecule has 11 heteroatoms. The lowest BCUT2D eigenvalue weighted by Crippen LogP contribution is -2.37. The fourth-order valence-electron chi connectivity index (χ4n) is 4.32. The van der Waals surface area contributed by atoms with E-state index in [1.807, 2.05) is 12.1 Å². The molecule has 0 saturated carbocycles. The summed E-state index contributed by atoms with van der Waals surface area (Å²) >= 11 is 0. The number of anilines is 2. The Kier molecular flexibility index (Phi) is 10.0. The number of aryl methyl sites for hydroxylation is 1. The first-order chi connectivity index (χ1) is 17.8. The van der Waals surface area contributed by atoms with E-state index >= 15 is 0 Å². The molecule has 1 heterocycles. The summed E-state index contributed by atoms with van der Waals surface area (Å²) < 4.78 is 49.3. The van der Waals surface area contributed by atoms with Crippen LogP contribution < -0.4 is 24.4 Å². The average molecular weight is 536 g/mol. The van der Waals surface area contributed by atoms with Gasteiger partial charge in [-0.25, -0.2) is 8.42 Å². The molecule has 204 valence electrons. The van der Waals surface area contributed by atoms with Crippen LogP contribution >= 0.6 is 0 Å². The number of benzene rings is 2. The molecule has 2 aromatic carbocycles. The van der Waals surface area contributed by atoms with Crippen LogP contribution in [-0.4, -0.2) is 79.4 Å². The molecule has 0 spiro atoms. The molecule has 10 nitrogen and oxygen atoms in total. The molecule has 0 unspecified atom stereocenters. The summed E-state index contributed by atoms with van der Waals surface area (Å²) in [5, 5.41) is 2.95. The van der Waals surface area contributed by atoms with Gasteiger partial charge in [0.1, 0.15) is 0 Å². The minimum absolute atomic E-state index is 0.146. The van der Waals surface area contributed by atoms with Crippen LogP contribution in [0.5, 0.6) is 17.2 Å². The van der Waals surface area contributed by atoms with Gasteiger partial charge in [-0.3, -0.25) is 4.79 Å². The number of ether oxygens (including phenoxy) is 4. The van der Waals surface area contributed by atoms with Crippen LogP contribution in [-0.2, 0) is 26.0 Å². The van der Waals surface area contributed by atoms with Crippen molar-refractivity contribution in [1.29, 1.82) is 0 Å². The highest BCUT2D eigenvalue weighted by atomic mass is 32.2. The molecule has 2 aromatic rings. The zero-order valence-corrected chi connectivity index (χ0v) is 23.0. The molecule has 1 aliphatic heterocycles. The van der Waals surface area contributed by atoms with E-state index in [1.165, 1.54) is 11.4 Å². The van der Waals surface area contributed by atoms with Gasteiger partial charge >= 0.3 is 0 Å². The highest BCUT2D eigenvalue weighted by molar-refractivity contribution is 7.89. The Morgan fingerprint density at radius 2 is 1.62 bits per heavy atom. The summed E-state index contributed by atoms with van der Waals surface area (Å²) in [7, 11) is 0.934. The van der Waals surface area contributed by atoms with E-state index in [4.69, 9.17) is 18.9 Å². The Morgan fingerprint density at radius 1 is 1.00 bits per heavy atom. The second-order valence-electron chi connectivity index (χ2n) is 8.45. The number of morpholine rings is 1. The van der Waals surface area contributed by atoms with Gasteiger partial charge in [-0.15, -0.1) is 0 Å². The standard InChI is InChI=1S/C26H37N3O7S/c1-6-29(7-2)37(31,32)20-9-10-22(28-12-14-36-15-13-28)21(18-20)27-25(30)11-8-19-16-23(33-3)26(35-5)24(17-19)34-4/h9-10,16-18H,6-8,11-15H2,1-5H3,(H,27,30). The van der Waals surface area contributed by atoms with Gasteiger partial charge in [0.25, 0.3) is 0 Å². The van der Waals surface area contributed by atoms with E-state index in [0.29, 0.717) is 68.7 Å². The maximum absolute atomic E-state index is 13.1. The summed E-state index contributed by atoms with van der Waals surface area (Å²) in [5.74, 6) is 1.28. The zero-order chi connectivity index (χ0) is 27.0. The number of nitrogens with zero attached hydrogens (tertiary/aromatic N) is 2. The quantitative estimate of drug-likeness (QED) is 0.442. The smallest absolute Gasteiger partial charge is 0.243 e. The topological polar surface area (TPSA) is 107 Å². The molecular weight excluding hydrogens is 498 g/mol. The van der Waals surface area contributed by atoms with E-state index in [9.17, 15) is 13.2 Å². The Morgan fingerprint density at radius 3 is 2.16 bits per heavy atom. The van der Waals surface area contributed by atoms with Crippen LogP contribution in [0.15, 0.2) is 35.2 Å². The van der Waals surface area contributed by atoms with E-state index in [-0.39, 0.29) is 17.2 Å². The molecule has 37 heavy (non-hydrogen) atoms. The number of carbonyl (C=O) groups is 1. The van der Waals surface area contributed by atoms with Gasteiger partial charge in [0, 0.05) is 32.6 Å². The Balaban J connectivity index is 1.85. The molecule has 0 radical (unpaired) electrons. The van der Waals surface area contributed by atoms with Gasteiger partial charge in [-0.05, 0) is 42.3 Å². The minimum atomic E-state index is -3.69. The number of sulfonamides is 1. The van der Waals surface area contributed by atoms with Crippen LogP contribution in [0.3, 0.4) is 0 Å². The third-order valence-corrected chi connectivity index (χ3v) is 8.35. The lowest BCUT2D eigenvalue weighted by Gasteiger charge is -2.31. The summed E-state index contributed by atoms with van der Waals surface area (Å²) in [6, 6.07) is 8.53. The molecule has 0 bridgehead atoms. The molecule has 1 N–H and O–H groups in total. The number of methoxy groups -OCH3 is 3. The summed E-state index contributed by atoms with van der Waals surface area (Å²) in [4.78, 5) is 15.3. The second-order valence-corrected chi connectivity index (χ2v) is 10.4. The highest BCUT2D eigenvalue weighted by Gasteiger charge is 2.25. The molecule has 1 amide bonds. The van der Waals surface area contributed by atoms with Crippen molar-refractivity contribution in [2.24, 2.45) is 0 Å². The van der Waals surface area contributed by atoms with Gasteiger partial charge < -0.3 is 29.2 Å². The Labute approximate surface area is 219 Å². The number of amides is 1. The number of rotatable bonds is 12. The number of hydrogen-bond acceptors (Lipinski definition) is 8. The molecule has 1 fully saturated rings. The maximum atomic E-state index is 13.1. The van der Waals surface area contributed by atoms with Gasteiger partial charge in [0.05, 0.1) is 50.8 Å². The van der Waals surface area contributed by atoms with Gasteiger partial charge in [0.15, 0.2) is 11.5 Å². The molecule has 3 rings (SSSR count). The van der Waals surface area contributed by atoms with Crippen molar-refractivity contribution in [3.63, 3.8) is 0 Å². The van der Waals surface area contributed by atoms with Crippen molar-refractivity contribution >= 4 is 27.3 Å². The van der Waals surface area contributed by atoms with Crippen molar-refractivity contribution in [1.82, 2.24) is 4.31 Å². The van der Waals surface area contributed by atoms with E-state index < -0.39 is 10.0 Å². The Bertz CT molecular complexity index is 1150. The van der Waals surface area contributed by atoms with Gasteiger partial charge in [0.2, 0.25) is 21.7 Å². The lowest BCUT2D eigenvalue weighted by atomic mass is 10.1. The monoisotopic (exact) mass is 535 g/mol. The van der Waals surface area contributed by atoms with Gasteiger partial charge in [-0.1, -0.05) is 13.8 Å². The molecular formula is C26H37N3O7S. The summed E-state index contributed by atoms with van der Waals surface area (Å²) in [5.41, 5.74) is 2.07. The van der Waals surface area contributed by atoms with E-state index in [1.54, 1.807) is 46.3 Å². The summed E-state index contributed by atoms with van der Waals surface area (Å²) in [6.45, 7) is 6.75. The van der Waals surface area contributed by atoms with Crippen LogP contribution in [0.1, 0.15) is 25.8 Å². The third-order valence-electron chi connectivity index (χ3n) is 6.30. The van der Waals surface area contributed by atoms with Crippen LogP contribution in [0.4, 0.5) is 11.4 Å². The van der Waals surface area contributed by atoms with Crippen LogP contribution in [0, 0.1) is 0 Å². The first-order valence-corrected chi connectivity index (χ1v) is 13.8. The van der Waals surface area contributed by atoms with Crippen LogP contribution in [0.25, 0.3) is 0 Å². The molecule has 0 atom stereocenters. The number of nitrogens with one attached hydrogen (secondary N) is 1. The van der Waals surface area contributed by atoms with Crippen molar-refractivity contribution in [2.45, 2.75) is 31.6 Å². The molecule has 1 aliphatic rings. The lowest BCUT2D eigenvalue weighted by molar-refractivity contribution is -0.116. The zero-order valence-electron chi connectivity index (χ0n) is 22.2. The average Bonchev–Trinajstić information content (AvgIpc) is 2.92. The van der Waals surface area contributed by atoms with E-state index in [0.717, 1.165) is 11.3 Å². The SMILES string of the molecule is CCN(CC)S(=O)(=O)c1ccc(N2CCOCC2)c(NC(=O)CCc2cc(OC)c(OC)c(OC)c2)c1. The van der Waals surface area contributed by atoms with Crippen molar-refractivity contribution in [3.8, 4) is 17.2 Å². The Hall–Kier alpha value is -3.02.